The van der Waals surface area contributed by atoms with E-state index in [0.29, 0.717) is 0 Å². The van der Waals surface area contributed by atoms with Crippen LogP contribution in [0.1, 0.15) is 148 Å². The Morgan fingerprint density at radius 3 is 1.13 bits per heavy atom. The molecule has 0 atom stereocenters. The summed E-state index contributed by atoms with van der Waals surface area (Å²) >= 11 is 0. The predicted molar refractivity (Wildman–Crippen MR) is 143 cm³/mol. The molecule has 2 N–H and O–H groups in total. The fourth-order valence-electron chi connectivity index (χ4n) is 5.67. The van der Waals surface area contributed by atoms with Gasteiger partial charge in [-0.15, -0.1) is 12.4 Å². The molecule has 3 saturated heterocycles. The average molecular weight is 459 g/mol. The van der Waals surface area contributed by atoms with Gasteiger partial charge in [0.05, 0.1) is 0 Å². The van der Waals surface area contributed by atoms with E-state index < -0.39 is 0 Å². The van der Waals surface area contributed by atoms with Crippen LogP contribution in [0.15, 0.2) is 0 Å². The molecule has 3 aliphatic heterocycles. The van der Waals surface area contributed by atoms with Gasteiger partial charge in [0.15, 0.2) is 0 Å². The van der Waals surface area contributed by atoms with Crippen LogP contribution in [0.3, 0.4) is 0 Å². The van der Waals surface area contributed by atoms with Crippen molar-refractivity contribution in [2.75, 3.05) is 26.7 Å². The Morgan fingerprint density at radius 1 is 0.516 bits per heavy atom. The Labute approximate surface area is 203 Å². The van der Waals surface area contributed by atoms with Gasteiger partial charge in [-0.25, -0.2) is 0 Å². The fourth-order valence-corrected chi connectivity index (χ4v) is 5.67. The van der Waals surface area contributed by atoms with Crippen molar-refractivity contribution in [1.82, 2.24) is 4.90 Å². The highest BCUT2D eigenvalue weighted by molar-refractivity contribution is 5.85. The van der Waals surface area contributed by atoms with E-state index in [4.69, 9.17) is 0 Å². The van der Waals surface area contributed by atoms with Crippen molar-refractivity contribution in [3.63, 3.8) is 0 Å². The largest absolute Gasteiger partial charge is 0.333 e. The van der Waals surface area contributed by atoms with E-state index in [0.717, 1.165) is 5.41 Å². The topological polar surface area (TPSA) is 29.3 Å². The van der Waals surface area contributed by atoms with E-state index in [-0.39, 0.29) is 12.4 Å². The second kappa shape index (κ2) is 22.0. The molecule has 31 heavy (non-hydrogen) atoms. The minimum absolute atomic E-state index is 0. The summed E-state index contributed by atoms with van der Waals surface area (Å²) in [7, 11) is 1.50. The van der Waals surface area contributed by atoms with E-state index in [1.54, 1.807) is 6.42 Å². The normalized spacial score (nSPS) is 22.0. The first-order valence-electron chi connectivity index (χ1n) is 14.1. The summed E-state index contributed by atoms with van der Waals surface area (Å²) in [6, 6.07) is 0. The van der Waals surface area contributed by atoms with Crippen molar-refractivity contribution >= 4 is 12.4 Å². The molecule has 0 aromatic carbocycles. The summed E-state index contributed by atoms with van der Waals surface area (Å²) < 4.78 is 0. The standard InChI is InChI=1S/C27H53N.CH5N.ClH/c1-2-3-4-5-6-7-8-9-10-11-12-13-14-15-16-17-18-19-20-27-21-24-28(25-22-27)26-23-27;1-2;/h2-26H2,1H3;2H2,1H3;1H. The highest BCUT2D eigenvalue weighted by Crippen LogP contribution is 2.44. The Morgan fingerprint density at radius 2 is 0.806 bits per heavy atom. The van der Waals surface area contributed by atoms with Crippen molar-refractivity contribution in [3.05, 3.63) is 0 Å². The zero-order valence-electron chi connectivity index (χ0n) is 21.6. The minimum Gasteiger partial charge on any atom is -0.333 e. The van der Waals surface area contributed by atoms with Crippen LogP contribution in [0.2, 0.25) is 0 Å². The molecule has 2 bridgehead atoms. The van der Waals surface area contributed by atoms with Crippen LogP contribution in [0.5, 0.6) is 0 Å². The van der Waals surface area contributed by atoms with Gasteiger partial charge in [-0.2, -0.15) is 0 Å². The monoisotopic (exact) mass is 458 g/mol. The van der Waals surface area contributed by atoms with Gasteiger partial charge in [-0.05, 0) is 57.8 Å². The number of halogens is 1. The Hall–Kier alpha value is 0.210. The van der Waals surface area contributed by atoms with Crippen LogP contribution in [0.4, 0.5) is 0 Å². The second-order valence-corrected chi connectivity index (χ2v) is 10.4. The summed E-state index contributed by atoms with van der Waals surface area (Å²) in [6.45, 7) is 6.51. The molecule has 0 radical (unpaired) electrons. The van der Waals surface area contributed by atoms with Gasteiger partial charge in [-0.3, -0.25) is 0 Å². The maximum atomic E-state index is 4.50. The van der Waals surface area contributed by atoms with Crippen LogP contribution < -0.4 is 5.73 Å². The lowest BCUT2D eigenvalue weighted by Gasteiger charge is -2.48. The number of piperidine rings is 3. The number of hydrogen-bond acceptors (Lipinski definition) is 2. The minimum atomic E-state index is 0. The molecule has 3 fully saturated rings. The van der Waals surface area contributed by atoms with Crippen molar-refractivity contribution < 1.29 is 0 Å². The van der Waals surface area contributed by atoms with Crippen LogP contribution >= 0.6 is 12.4 Å². The van der Waals surface area contributed by atoms with Gasteiger partial charge >= 0.3 is 0 Å². The molecule has 0 unspecified atom stereocenters. The van der Waals surface area contributed by atoms with Gasteiger partial charge < -0.3 is 10.6 Å². The smallest absolute Gasteiger partial charge is 0.00134 e. The maximum absolute atomic E-state index is 4.50. The Balaban J connectivity index is 0.00000291. The first-order valence-corrected chi connectivity index (χ1v) is 14.1. The van der Waals surface area contributed by atoms with Gasteiger partial charge in [0.25, 0.3) is 0 Å². The molecule has 0 spiro atoms. The quantitative estimate of drug-likeness (QED) is 0.196. The van der Waals surface area contributed by atoms with E-state index in [1.807, 2.05) is 0 Å². The number of unbranched alkanes of at least 4 members (excludes halogenated alkanes) is 17. The van der Waals surface area contributed by atoms with E-state index in [1.165, 1.54) is 162 Å². The lowest BCUT2D eigenvalue weighted by molar-refractivity contribution is 0.0180. The summed E-state index contributed by atoms with van der Waals surface area (Å²) in [5, 5.41) is 0. The molecule has 0 saturated carbocycles. The Bertz CT molecular complexity index is 339. The number of hydrogen-bond donors (Lipinski definition) is 1. The average Bonchev–Trinajstić information content (AvgIpc) is 2.81. The highest BCUT2D eigenvalue weighted by Gasteiger charge is 2.38. The molecule has 3 aliphatic rings. The molecule has 3 heteroatoms. The summed E-state index contributed by atoms with van der Waals surface area (Å²) in [5.74, 6) is 0. The third-order valence-electron chi connectivity index (χ3n) is 7.94. The van der Waals surface area contributed by atoms with E-state index in [2.05, 4.69) is 17.6 Å². The zero-order chi connectivity index (χ0) is 21.8. The second-order valence-electron chi connectivity index (χ2n) is 10.4. The molecule has 0 aliphatic carbocycles. The molecule has 188 valence electrons. The molecular weight excluding hydrogens is 400 g/mol. The van der Waals surface area contributed by atoms with Crippen LogP contribution in [-0.4, -0.2) is 31.6 Å². The first-order chi connectivity index (χ1) is 14.8. The summed E-state index contributed by atoms with van der Waals surface area (Å²) in [6.07, 6.45) is 32.8. The predicted octanol–water partition coefficient (Wildman–Crippen LogP) is 8.90. The van der Waals surface area contributed by atoms with Crippen molar-refractivity contribution in [2.24, 2.45) is 11.1 Å². The van der Waals surface area contributed by atoms with Gasteiger partial charge in [0.2, 0.25) is 0 Å². The zero-order valence-corrected chi connectivity index (χ0v) is 22.4. The van der Waals surface area contributed by atoms with Crippen LogP contribution in [0.25, 0.3) is 0 Å². The molecule has 0 aromatic rings. The molecule has 0 amide bonds. The number of rotatable bonds is 19. The molecule has 3 heterocycles. The summed E-state index contributed by atoms with van der Waals surface area (Å²) in [4.78, 5) is 2.68. The Kier molecular flexibility index (Phi) is 22.2. The number of nitrogens with two attached hydrogens (primary N) is 1. The molecular formula is C28H59ClN2. The number of fused-ring (bicyclic) bond motifs is 3. The third kappa shape index (κ3) is 15.6. The van der Waals surface area contributed by atoms with Crippen molar-refractivity contribution in [2.45, 2.75) is 148 Å². The lowest BCUT2D eigenvalue weighted by atomic mass is 9.69. The summed E-state index contributed by atoms with van der Waals surface area (Å²) in [5.41, 5.74) is 5.28. The van der Waals surface area contributed by atoms with Gasteiger partial charge in [0, 0.05) is 0 Å². The molecule has 3 rings (SSSR count). The van der Waals surface area contributed by atoms with Gasteiger partial charge in [-0.1, -0.05) is 122 Å². The SMILES string of the molecule is CCCCCCCCCCCCCCCCCCCCC12CCN(CC1)CC2.CN.Cl. The van der Waals surface area contributed by atoms with Gasteiger partial charge in [0.1, 0.15) is 0 Å². The van der Waals surface area contributed by atoms with E-state index >= 15 is 0 Å². The molecule has 0 aromatic heterocycles. The molecule has 2 nitrogen and oxygen atoms in total. The lowest BCUT2D eigenvalue weighted by Crippen LogP contribution is -2.48. The van der Waals surface area contributed by atoms with Crippen molar-refractivity contribution in [3.8, 4) is 0 Å². The van der Waals surface area contributed by atoms with E-state index in [9.17, 15) is 0 Å². The third-order valence-corrected chi connectivity index (χ3v) is 7.94. The highest BCUT2D eigenvalue weighted by atomic mass is 35.5. The van der Waals surface area contributed by atoms with Crippen LogP contribution in [0, 0.1) is 5.41 Å². The fraction of sp³-hybridized carbons (Fsp3) is 1.00. The number of nitrogens with zero attached hydrogens (tertiary/aromatic N) is 1. The first kappa shape index (κ1) is 31.2. The van der Waals surface area contributed by atoms with Crippen LogP contribution in [-0.2, 0) is 0 Å². The van der Waals surface area contributed by atoms with Crippen molar-refractivity contribution in [1.29, 1.82) is 0 Å². The maximum Gasteiger partial charge on any atom is -0.00134 e.